The lowest BCUT2D eigenvalue weighted by Crippen LogP contribution is -2.33. The van der Waals surface area contributed by atoms with Crippen molar-refractivity contribution in [3.8, 4) is 0 Å². The van der Waals surface area contributed by atoms with Crippen molar-refractivity contribution in [3.05, 3.63) is 35.4 Å². The minimum Gasteiger partial charge on any atom is -0.386 e. The van der Waals surface area contributed by atoms with E-state index in [1.54, 1.807) is 6.92 Å². The van der Waals surface area contributed by atoms with Crippen LogP contribution in [0.5, 0.6) is 0 Å². The number of halogens is 5. The largest absolute Gasteiger partial charge is 0.416 e. The summed E-state index contributed by atoms with van der Waals surface area (Å²) < 4.78 is 61.1. The van der Waals surface area contributed by atoms with E-state index in [0.29, 0.717) is 5.56 Å². The van der Waals surface area contributed by atoms with E-state index in [-0.39, 0.29) is 6.54 Å². The van der Waals surface area contributed by atoms with E-state index in [0.717, 1.165) is 12.1 Å². The fraction of sp³-hybridized carbons (Fsp3) is 0.500. The fourth-order valence-electron chi connectivity index (χ4n) is 1.47. The third-order valence-electron chi connectivity index (χ3n) is 2.66. The Morgan fingerprint density at radius 2 is 1.68 bits per heavy atom. The maximum atomic E-state index is 12.3. The van der Waals surface area contributed by atoms with E-state index in [1.165, 1.54) is 12.1 Å². The first-order chi connectivity index (χ1) is 8.71. The van der Waals surface area contributed by atoms with Gasteiger partial charge in [-0.05, 0) is 24.6 Å². The molecule has 0 bridgehead atoms. The molecule has 2 N–H and O–H groups in total. The van der Waals surface area contributed by atoms with Gasteiger partial charge in [0.1, 0.15) is 6.10 Å². The highest BCUT2D eigenvalue weighted by atomic mass is 19.4. The van der Waals surface area contributed by atoms with Crippen molar-refractivity contribution in [3.63, 3.8) is 0 Å². The van der Waals surface area contributed by atoms with E-state index < -0.39 is 30.3 Å². The minimum atomic E-state index is -4.40. The van der Waals surface area contributed by atoms with Gasteiger partial charge in [0.15, 0.2) is 0 Å². The Kier molecular flexibility index (Phi) is 5.25. The molecule has 0 aromatic heterocycles. The van der Waals surface area contributed by atoms with Crippen LogP contribution in [0, 0.1) is 0 Å². The zero-order chi connectivity index (χ0) is 14.6. The van der Waals surface area contributed by atoms with Gasteiger partial charge in [-0.25, -0.2) is 8.78 Å². The number of rotatable bonds is 5. The van der Waals surface area contributed by atoms with E-state index in [2.05, 4.69) is 5.32 Å². The molecule has 108 valence electrons. The molecule has 2 nitrogen and oxygen atoms in total. The molecule has 0 aliphatic heterocycles. The van der Waals surface area contributed by atoms with E-state index in [9.17, 15) is 22.0 Å². The van der Waals surface area contributed by atoms with Gasteiger partial charge in [0, 0.05) is 12.6 Å². The van der Waals surface area contributed by atoms with E-state index in [4.69, 9.17) is 5.11 Å². The average Bonchev–Trinajstić information content (AvgIpc) is 2.34. The van der Waals surface area contributed by atoms with Crippen molar-refractivity contribution in [2.75, 3.05) is 6.54 Å². The Labute approximate surface area is 107 Å². The van der Waals surface area contributed by atoms with Crippen molar-refractivity contribution in [1.82, 2.24) is 5.32 Å². The molecule has 0 aliphatic rings. The van der Waals surface area contributed by atoms with Crippen molar-refractivity contribution < 1.29 is 27.1 Å². The first-order valence-corrected chi connectivity index (χ1v) is 5.58. The molecular formula is C12H14F5NO. The molecule has 1 aromatic rings. The van der Waals surface area contributed by atoms with Crippen LogP contribution in [-0.2, 0) is 6.18 Å². The lowest BCUT2D eigenvalue weighted by Gasteiger charge is -2.17. The normalized spacial score (nSPS) is 15.6. The highest BCUT2D eigenvalue weighted by molar-refractivity contribution is 5.26. The Balaban J connectivity index is 2.61. The maximum absolute atomic E-state index is 12.3. The number of aliphatic hydroxyl groups is 1. The maximum Gasteiger partial charge on any atom is 0.416 e. The second-order valence-electron chi connectivity index (χ2n) is 4.15. The van der Waals surface area contributed by atoms with Crippen LogP contribution < -0.4 is 5.32 Å². The molecule has 0 heterocycles. The second kappa shape index (κ2) is 6.29. The monoisotopic (exact) mass is 283 g/mol. The van der Waals surface area contributed by atoms with Crippen molar-refractivity contribution in [2.45, 2.75) is 31.7 Å². The number of benzene rings is 1. The summed E-state index contributed by atoms with van der Waals surface area (Å²) in [5, 5.41) is 11.5. The minimum absolute atomic E-state index is 0.333. The Hall–Kier alpha value is -1.21. The highest BCUT2D eigenvalue weighted by Gasteiger charge is 2.30. The van der Waals surface area contributed by atoms with E-state index in [1.807, 2.05) is 0 Å². The molecule has 1 aromatic carbocycles. The molecule has 0 saturated heterocycles. The quantitative estimate of drug-likeness (QED) is 0.814. The third kappa shape index (κ3) is 4.76. The predicted molar refractivity (Wildman–Crippen MR) is 59.9 cm³/mol. The number of aliphatic hydroxyl groups excluding tert-OH is 1. The fourth-order valence-corrected chi connectivity index (χ4v) is 1.47. The molecule has 0 spiro atoms. The zero-order valence-electron chi connectivity index (χ0n) is 10.1. The van der Waals surface area contributed by atoms with Gasteiger partial charge in [-0.1, -0.05) is 12.1 Å². The summed E-state index contributed by atoms with van der Waals surface area (Å²) in [6.45, 7) is 1.28. The number of alkyl halides is 5. The van der Waals surface area contributed by atoms with Crippen LogP contribution in [0.4, 0.5) is 22.0 Å². The van der Waals surface area contributed by atoms with Gasteiger partial charge in [-0.15, -0.1) is 0 Å². The van der Waals surface area contributed by atoms with Crippen LogP contribution in [0.25, 0.3) is 0 Å². The van der Waals surface area contributed by atoms with Gasteiger partial charge >= 0.3 is 6.18 Å². The van der Waals surface area contributed by atoms with Crippen molar-refractivity contribution >= 4 is 0 Å². The molecule has 0 aliphatic carbocycles. The zero-order valence-corrected chi connectivity index (χ0v) is 10.1. The molecule has 19 heavy (non-hydrogen) atoms. The summed E-state index contributed by atoms with van der Waals surface area (Å²) >= 11 is 0. The van der Waals surface area contributed by atoms with Crippen LogP contribution in [-0.4, -0.2) is 24.2 Å². The van der Waals surface area contributed by atoms with Crippen molar-refractivity contribution in [1.29, 1.82) is 0 Å². The van der Waals surface area contributed by atoms with Gasteiger partial charge in [0.2, 0.25) is 0 Å². The summed E-state index contributed by atoms with van der Waals surface area (Å²) in [6.07, 6.45) is -9.05. The number of hydrogen-bond donors (Lipinski definition) is 2. The Bertz CT molecular complexity index is 390. The van der Waals surface area contributed by atoms with Gasteiger partial charge in [-0.2, -0.15) is 13.2 Å². The SMILES string of the molecule is CC(NCC(O)C(F)F)c1ccc(C(F)(F)F)cc1. The van der Waals surface area contributed by atoms with Gasteiger partial charge < -0.3 is 10.4 Å². The molecule has 2 unspecified atom stereocenters. The molecule has 0 fully saturated rings. The molecule has 0 radical (unpaired) electrons. The first-order valence-electron chi connectivity index (χ1n) is 5.58. The molecule has 2 atom stereocenters. The highest BCUT2D eigenvalue weighted by Crippen LogP contribution is 2.29. The predicted octanol–water partition coefficient (Wildman–Crippen LogP) is 2.98. The smallest absolute Gasteiger partial charge is 0.386 e. The Morgan fingerprint density at radius 3 is 2.11 bits per heavy atom. The van der Waals surface area contributed by atoms with Gasteiger partial charge in [0.25, 0.3) is 6.43 Å². The molecule has 7 heteroatoms. The molecule has 1 rings (SSSR count). The molecule has 0 amide bonds. The molecule has 0 saturated carbocycles. The lowest BCUT2D eigenvalue weighted by molar-refractivity contribution is -0.137. The number of hydrogen-bond acceptors (Lipinski definition) is 2. The lowest BCUT2D eigenvalue weighted by atomic mass is 10.1. The van der Waals surface area contributed by atoms with Crippen LogP contribution in [0.3, 0.4) is 0 Å². The van der Waals surface area contributed by atoms with Crippen molar-refractivity contribution in [2.24, 2.45) is 0 Å². The third-order valence-corrected chi connectivity index (χ3v) is 2.66. The summed E-state index contributed by atoms with van der Waals surface area (Å²) in [4.78, 5) is 0. The van der Waals surface area contributed by atoms with Crippen LogP contribution in [0.2, 0.25) is 0 Å². The van der Waals surface area contributed by atoms with Crippen LogP contribution in [0.1, 0.15) is 24.1 Å². The van der Waals surface area contributed by atoms with Gasteiger partial charge in [-0.3, -0.25) is 0 Å². The average molecular weight is 283 g/mol. The standard InChI is InChI=1S/C12H14F5NO/c1-7(18-6-10(19)11(13)14)8-2-4-9(5-3-8)12(15,16)17/h2-5,7,10-11,18-19H,6H2,1H3. The summed E-state index contributed by atoms with van der Waals surface area (Å²) in [7, 11) is 0. The van der Waals surface area contributed by atoms with E-state index >= 15 is 0 Å². The summed E-state index contributed by atoms with van der Waals surface area (Å²) in [6, 6.07) is 3.97. The Morgan fingerprint density at radius 1 is 1.16 bits per heavy atom. The second-order valence-corrected chi connectivity index (χ2v) is 4.15. The van der Waals surface area contributed by atoms with Crippen LogP contribution in [0.15, 0.2) is 24.3 Å². The topological polar surface area (TPSA) is 32.3 Å². The first kappa shape index (κ1) is 15.8. The van der Waals surface area contributed by atoms with Crippen LogP contribution >= 0.6 is 0 Å². The van der Waals surface area contributed by atoms with Gasteiger partial charge in [0.05, 0.1) is 5.56 Å². The molecular weight excluding hydrogens is 269 g/mol. The summed E-state index contributed by atoms with van der Waals surface area (Å²) in [5.41, 5.74) is -0.245. The number of nitrogens with one attached hydrogen (secondary N) is 1. The summed E-state index contributed by atoms with van der Waals surface area (Å²) in [5.74, 6) is 0.